The zero-order valence-corrected chi connectivity index (χ0v) is 11.7. The lowest BCUT2D eigenvalue weighted by molar-refractivity contribution is 0.343. The zero-order chi connectivity index (χ0) is 14.6. The number of ether oxygens (including phenoxy) is 1. The first kappa shape index (κ1) is 14.1. The smallest absolute Gasteiger partial charge is 0.238 e. The Hall–Kier alpha value is -2.29. The van der Waals surface area contributed by atoms with Gasteiger partial charge in [0.1, 0.15) is 24.4 Å². The highest BCUT2D eigenvalue weighted by molar-refractivity contribution is 7.92. The van der Waals surface area contributed by atoms with Crippen molar-refractivity contribution in [3.05, 3.63) is 30.6 Å². The topological polar surface area (TPSA) is 112 Å². The third kappa shape index (κ3) is 3.60. The predicted octanol–water partition coefficient (Wildman–Crippen LogP) is 0.218. The second-order valence-corrected chi connectivity index (χ2v) is 5.86. The summed E-state index contributed by atoms with van der Waals surface area (Å²) in [6.07, 6.45) is 1.26. The van der Waals surface area contributed by atoms with Crippen molar-refractivity contribution < 1.29 is 13.2 Å². The molecule has 9 heteroatoms. The van der Waals surface area contributed by atoms with E-state index >= 15 is 0 Å². The van der Waals surface area contributed by atoms with Gasteiger partial charge in [-0.1, -0.05) is 12.1 Å². The molecule has 0 aliphatic heterocycles. The third-order valence-corrected chi connectivity index (χ3v) is 3.68. The molecule has 0 saturated carbocycles. The number of benzene rings is 1. The van der Waals surface area contributed by atoms with Crippen LogP contribution in [-0.4, -0.2) is 35.5 Å². The molecule has 0 saturated heterocycles. The highest BCUT2D eigenvalue weighted by atomic mass is 32.2. The van der Waals surface area contributed by atoms with Gasteiger partial charge in [0, 0.05) is 7.05 Å². The minimum atomic E-state index is -3.55. The highest BCUT2D eigenvalue weighted by Gasteiger charge is 2.14. The van der Waals surface area contributed by atoms with E-state index in [2.05, 4.69) is 14.8 Å². The van der Waals surface area contributed by atoms with Gasteiger partial charge in [0.15, 0.2) is 0 Å². The number of hydrogen-bond donors (Lipinski definition) is 2. The Bertz CT molecular complexity index is 683. The average molecular weight is 297 g/mol. The summed E-state index contributed by atoms with van der Waals surface area (Å²) in [5.74, 6) is 0.402. The predicted molar refractivity (Wildman–Crippen MR) is 74.8 cm³/mol. The lowest BCUT2D eigenvalue weighted by Crippen LogP contribution is -2.23. The Morgan fingerprint density at radius 3 is 2.80 bits per heavy atom. The normalized spacial score (nSPS) is 11.2. The molecule has 0 spiro atoms. The number of nitrogens with one attached hydrogen (secondary N) is 1. The van der Waals surface area contributed by atoms with Gasteiger partial charge in [0.05, 0.1) is 5.69 Å². The lowest BCUT2D eigenvalue weighted by Gasteiger charge is -2.09. The number of hydrogen-bond acceptors (Lipinski definition) is 6. The minimum absolute atomic E-state index is 0.0125. The molecule has 0 aliphatic carbocycles. The summed E-state index contributed by atoms with van der Waals surface area (Å²) in [7, 11) is -1.96. The van der Waals surface area contributed by atoms with Gasteiger partial charge in [0.2, 0.25) is 16.0 Å². The van der Waals surface area contributed by atoms with Gasteiger partial charge in [-0.3, -0.25) is 4.72 Å². The number of rotatable bonds is 6. The maximum atomic E-state index is 11.8. The molecule has 20 heavy (non-hydrogen) atoms. The Labute approximate surface area is 116 Å². The molecule has 0 fully saturated rings. The first-order chi connectivity index (χ1) is 9.48. The maximum Gasteiger partial charge on any atom is 0.238 e. The molecule has 108 valence electrons. The second kappa shape index (κ2) is 5.78. The summed E-state index contributed by atoms with van der Waals surface area (Å²) < 4.78 is 32.6. The van der Waals surface area contributed by atoms with Crippen LogP contribution in [-0.2, 0) is 17.1 Å². The van der Waals surface area contributed by atoms with Crippen molar-refractivity contribution in [1.82, 2.24) is 14.8 Å². The number of anilines is 2. The standard InChI is InChI=1S/C11H15N5O3S/c1-16-11(13-8-14-16)15-20(17,18)7-6-19-10-5-3-2-4-9(10)12/h2-5,8H,6-7,12H2,1H3,(H,13,14,15). The fraction of sp³-hybridized carbons (Fsp3) is 0.273. The van der Waals surface area contributed by atoms with Crippen LogP contribution < -0.4 is 15.2 Å². The molecule has 0 amide bonds. The van der Waals surface area contributed by atoms with Gasteiger partial charge >= 0.3 is 0 Å². The van der Waals surface area contributed by atoms with Crippen LogP contribution in [0.25, 0.3) is 0 Å². The Kier molecular flexibility index (Phi) is 4.08. The van der Waals surface area contributed by atoms with Crippen LogP contribution in [0.4, 0.5) is 11.6 Å². The fourth-order valence-electron chi connectivity index (χ4n) is 1.45. The van der Waals surface area contributed by atoms with Crippen LogP contribution in [0.15, 0.2) is 30.6 Å². The summed E-state index contributed by atoms with van der Waals surface area (Å²) in [4.78, 5) is 3.78. The van der Waals surface area contributed by atoms with Crippen LogP contribution in [0.3, 0.4) is 0 Å². The van der Waals surface area contributed by atoms with E-state index in [9.17, 15) is 8.42 Å². The molecule has 2 aromatic rings. The summed E-state index contributed by atoms with van der Waals surface area (Å²) in [5.41, 5.74) is 6.15. The molecule has 0 unspecified atom stereocenters. The molecular formula is C11H15N5O3S. The fourth-order valence-corrected chi connectivity index (χ4v) is 2.32. The molecule has 0 aliphatic rings. The van der Waals surface area contributed by atoms with E-state index in [1.54, 1.807) is 31.3 Å². The Morgan fingerprint density at radius 1 is 1.40 bits per heavy atom. The molecule has 0 atom stereocenters. The minimum Gasteiger partial charge on any atom is -0.490 e. The first-order valence-electron chi connectivity index (χ1n) is 5.80. The second-order valence-electron chi connectivity index (χ2n) is 4.01. The SMILES string of the molecule is Cn1ncnc1NS(=O)(=O)CCOc1ccccc1N. The van der Waals surface area contributed by atoms with E-state index in [-0.39, 0.29) is 18.3 Å². The van der Waals surface area contributed by atoms with E-state index < -0.39 is 10.0 Å². The van der Waals surface area contributed by atoms with Crippen molar-refractivity contribution in [1.29, 1.82) is 0 Å². The van der Waals surface area contributed by atoms with Crippen LogP contribution in [0.2, 0.25) is 0 Å². The van der Waals surface area contributed by atoms with Crippen LogP contribution in [0.5, 0.6) is 5.75 Å². The molecule has 2 rings (SSSR count). The zero-order valence-electron chi connectivity index (χ0n) is 10.9. The quantitative estimate of drug-likeness (QED) is 0.737. The number of aryl methyl sites for hydroxylation is 1. The van der Waals surface area contributed by atoms with E-state index in [0.29, 0.717) is 11.4 Å². The molecule has 3 N–H and O–H groups in total. The van der Waals surface area contributed by atoms with Crippen LogP contribution in [0, 0.1) is 0 Å². The molecule has 8 nitrogen and oxygen atoms in total. The van der Waals surface area contributed by atoms with Crippen LogP contribution >= 0.6 is 0 Å². The molecule has 0 radical (unpaired) electrons. The number of para-hydroxylation sites is 2. The van der Waals surface area contributed by atoms with Crippen molar-refractivity contribution in [2.45, 2.75) is 0 Å². The average Bonchev–Trinajstić information content (AvgIpc) is 2.77. The third-order valence-electron chi connectivity index (χ3n) is 2.49. The van der Waals surface area contributed by atoms with Crippen LogP contribution in [0.1, 0.15) is 0 Å². The molecule has 1 heterocycles. The molecular weight excluding hydrogens is 282 g/mol. The number of nitrogens with two attached hydrogens (primary N) is 1. The number of aromatic nitrogens is 3. The van der Waals surface area contributed by atoms with Gasteiger partial charge in [-0.25, -0.2) is 13.1 Å². The van der Waals surface area contributed by atoms with Gasteiger partial charge < -0.3 is 10.5 Å². The van der Waals surface area contributed by atoms with E-state index in [0.717, 1.165) is 0 Å². The number of nitrogen functional groups attached to an aromatic ring is 1. The van der Waals surface area contributed by atoms with Gasteiger partial charge in [-0.15, -0.1) is 0 Å². The molecule has 1 aromatic heterocycles. The maximum absolute atomic E-state index is 11.8. The van der Waals surface area contributed by atoms with Crippen molar-refractivity contribution >= 4 is 21.7 Å². The summed E-state index contributed by atoms with van der Waals surface area (Å²) in [6, 6.07) is 6.90. The monoisotopic (exact) mass is 297 g/mol. The lowest BCUT2D eigenvalue weighted by atomic mass is 10.3. The van der Waals surface area contributed by atoms with Gasteiger partial charge in [0.25, 0.3) is 0 Å². The highest BCUT2D eigenvalue weighted by Crippen LogP contribution is 2.19. The molecule has 1 aromatic carbocycles. The Balaban J connectivity index is 1.90. The first-order valence-corrected chi connectivity index (χ1v) is 7.45. The van der Waals surface area contributed by atoms with Crippen molar-refractivity contribution in [3.8, 4) is 5.75 Å². The van der Waals surface area contributed by atoms with Crippen molar-refractivity contribution in [3.63, 3.8) is 0 Å². The number of sulfonamides is 1. The van der Waals surface area contributed by atoms with E-state index in [1.807, 2.05) is 0 Å². The van der Waals surface area contributed by atoms with Crippen molar-refractivity contribution in [2.75, 3.05) is 22.8 Å². The van der Waals surface area contributed by atoms with Gasteiger partial charge in [-0.05, 0) is 12.1 Å². The van der Waals surface area contributed by atoms with Gasteiger partial charge in [-0.2, -0.15) is 10.1 Å². The largest absolute Gasteiger partial charge is 0.490 e. The van der Waals surface area contributed by atoms with E-state index in [1.165, 1.54) is 11.0 Å². The van der Waals surface area contributed by atoms with Crippen molar-refractivity contribution in [2.24, 2.45) is 7.05 Å². The summed E-state index contributed by atoms with van der Waals surface area (Å²) >= 11 is 0. The number of nitrogens with zero attached hydrogens (tertiary/aromatic N) is 3. The Morgan fingerprint density at radius 2 is 2.15 bits per heavy atom. The summed E-state index contributed by atoms with van der Waals surface area (Å²) in [5, 5.41) is 3.77. The van der Waals surface area contributed by atoms with E-state index in [4.69, 9.17) is 10.5 Å². The summed E-state index contributed by atoms with van der Waals surface area (Å²) in [6.45, 7) is -0.0125. The molecule has 0 bridgehead atoms.